The fourth-order valence-corrected chi connectivity index (χ4v) is 10.9. The molecule has 13 rings (SSSR count). The first-order valence-corrected chi connectivity index (χ1v) is 24.9. The van der Waals surface area contributed by atoms with Crippen molar-refractivity contribution < 1.29 is 30.9 Å². The molecule has 0 spiro atoms. The third-order valence-corrected chi connectivity index (χ3v) is 14.8. The van der Waals surface area contributed by atoms with Crippen LogP contribution in [0.5, 0.6) is 11.5 Å². The number of fused-ring (bicyclic) bond motifs is 17. The average Bonchev–Trinajstić information content (AvgIpc) is 4.43. The Labute approximate surface area is 448 Å². The van der Waals surface area contributed by atoms with Gasteiger partial charge in [0.15, 0.2) is 0 Å². The van der Waals surface area contributed by atoms with Crippen LogP contribution in [-0.2, 0) is 16.5 Å². The van der Waals surface area contributed by atoms with Crippen LogP contribution in [0.3, 0.4) is 0 Å². The molecule has 0 fully saturated rings. The Hall–Kier alpha value is -9.11. The maximum atomic E-state index is 13.4. The zero-order valence-electron chi connectivity index (χ0n) is 42.4. The molecule has 0 atom stereocenters. The van der Waals surface area contributed by atoms with Crippen molar-refractivity contribution in [1.82, 2.24) is 19.9 Å². The van der Waals surface area contributed by atoms with E-state index in [0.717, 1.165) is 122 Å². The van der Waals surface area contributed by atoms with Crippen molar-refractivity contribution >= 4 is 66.2 Å². The summed E-state index contributed by atoms with van der Waals surface area (Å²) in [6.45, 7) is 8.22. The summed E-state index contributed by atoms with van der Waals surface area (Å²) < 4.78 is 11.8. The molecule has 0 radical (unpaired) electrons. The molecule has 0 saturated heterocycles. The third kappa shape index (κ3) is 7.92. The van der Waals surface area contributed by atoms with Crippen LogP contribution in [0.15, 0.2) is 170 Å². The van der Waals surface area contributed by atoms with Gasteiger partial charge in [-0.3, -0.25) is 10.1 Å². The standard InChI is InChI=1S/C66H47N5O4.Ni/c1-36-7-15-40(16-8-36)60-54-27-28-55(67-54)61(41-17-9-37(2)10-18-41)64-52-33-50-48-31-44(74-5)23-25-46(48)47-26-24-45(75-6)32-49(47)51(50)34-53(52)65(70-64)62(42-19-11-38(3)12-20-42)56-29-30-57(68-56)63(43-21-13-39(4)14-22-43)66-59(71(72)73)35-58(60)69-66;/h7-35H,1-6H3;/q-2;+2. The molecule has 9 nitrogen and oxygen atoms in total. The number of aromatic nitrogens is 4. The smallest absolute Gasteiger partial charge is 0.657 e. The number of benzene rings is 8. The van der Waals surface area contributed by atoms with E-state index in [4.69, 9.17) is 29.4 Å². The Morgan fingerprint density at radius 3 is 1.12 bits per heavy atom. The monoisotopic (exact) mass is 1030 g/mol. The van der Waals surface area contributed by atoms with Gasteiger partial charge in [0.25, 0.3) is 5.70 Å². The first-order chi connectivity index (χ1) is 36.5. The number of methoxy groups -OCH3 is 2. The van der Waals surface area contributed by atoms with Gasteiger partial charge in [-0.25, -0.2) is 9.97 Å². The zero-order chi connectivity index (χ0) is 51.2. The van der Waals surface area contributed by atoms with E-state index >= 15 is 0 Å². The molecular weight excluding hydrogens is 985 g/mol. The van der Waals surface area contributed by atoms with Crippen LogP contribution in [0.2, 0.25) is 0 Å². The van der Waals surface area contributed by atoms with E-state index in [0.29, 0.717) is 38.9 Å². The maximum absolute atomic E-state index is 13.4. The number of nitrogens with zero attached hydrogens (tertiary/aromatic N) is 5. The van der Waals surface area contributed by atoms with E-state index in [-0.39, 0.29) is 32.8 Å². The molecular formula is C66H47N5NiO4. The van der Waals surface area contributed by atoms with Crippen LogP contribution < -0.4 is 19.4 Å². The second kappa shape index (κ2) is 18.7. The molecule has 370 valence electrons. The van der Waals surface area contributed by atoms with Gasteiger partial charge in [-0.2, -0.15) is 0 Å². The van der Waals surface area contributed by atoms with Crippen molar-refractivity contribution in [3.8, 4) is 78.5 Å². The summed E-state index contributed by atoms with van der Waals surface area (Å²) in [7, 11) is 3.40. The molecule has 8 aromatic carbocycles. The Morgan fingerprint density at radius 1 is 0.408 bits per heavy atom. The van der Waals surface area contributed by atoms with Gasteiger partial charge in [-0.1, -0.05) is 156 Å². The molecule has 5 heterocycles. The summed E-state index contributed by atoms with van der Waals surface area (Å²) in [6.07, 6.45) is 1.59. The summed E-state index contributed by atoms with van der Waals surface area (Å²) in [6, 6.07) is 58.2. The quantitative estimate of drug-likeness (QED) is 0.0671. The van der Waals surface area contributed by atoms with Crippen molar-refractivity contribution in [3.63, 3.8) is 0 Å². The Bertz CT molecular complexity index is 4420. The molecule has 10 heteroatoms. The van der Waals surface area contributed by atoms with Crippen LogP contribution in [0.1, 0.15) is 33.6 Å². The largest absolute Gasteiger partial charge is 2.00 e. The van der Waals surface area contributed by atoms with E-state index in [1.54, 1.807) is 20.3 Å². The van der Waals surface area contributed by atoms with Crippen LogP contribution in [-0.4, -0.2) is 29.1 Å². The van der Waals surface area contributed by atoms with Gasteiger partial charge in [0, 0.05) is 17.2 Å². The SMILES string of the molecule is COc1ccc2c3ccc(OC)cc3c3cc4c(cc3c2c1)-c1nc-4c(-c2ccc(C)cc2)c2ccc([n-]2)c(-c2ccc(C)cc2)c2nc(c(-c3ccc(C)cc3)c3ccc([n-]3)c1-c1ccc(C)cc1)C=C2[N+](=O)[O-].[Ni+2]. The molecule has 0 unspecified atom stereocenters. The predicted octanol–water partition coefficient (Wildman–Crippen LogP) is 16.1. The molecule has 0 saturated carbocycles. The number of hydrogen-bond acceptors (Lipinski definition) is 6. The van der Waals surface area contributed by atoms with E-state index in [9.17, 15) is 10.1 Å². The minimum absolute atomic E-state index is 0. The topological polar surface area (TPSA) is 116 Å². The van der Waals surface area contributed by atoms with Crippen molar-refractivity contribution in [1.29, 1.82) is 0 Å². The number of ether oxygens (including phenoxy) is 2. The summed E-state index contributed by atoms with van der Waals surface area (Å²) >= 11 is 0. The Kier molecular flexibility index (Phi) is 11.8. The van der Waals surface area contributed by atoms with E-state index in [1.165, 1.54) is 0 Å². The summed E-state index contributed by atoms with van der Waals surface area (Å²) in [5.41, 5.74) is 16.9. The van der Waals surface area contributed by atoms with Crippen molar-refractivity contribution in [2.75, 3.05) is 14.2 Å². The van der Waals surface area contributed by atoms with Gasteiger partial charge < -0.3 is 19.4 Å². The minimum atomic E-state index is -0.341. The van der Waals surface area contributed by atoms with Crippen LogP contribution >= 0.6 is 0 Å². The summed E-state index contributed by atoms with van der Waals surface area (Å²) in [5.74, 6) is 1.50. The first-order valence-electron chi connectivity index (χ1n) is 24.9. The van der Waals surface area contributed by atoms with Crippen molar-refractivity contribution in [3.05, 3.63) is 214 Å². The summed E-state index contributed by atoms with van der Waals surface area (Å²) in [4.78, 5) is 35.4. The molecule has 11 aromatic rings. The molecule has 8 bridgehead atoms. The number of rotatable bonds is 7. The fourth-order valence-electron chi connectivity index (χ4n) is 10.9. The van der Waals surface area contributed by atoms with Gasteiger partial charge in [-0.15, -0.1) is 22.1 Å². The van der Waals surface area contributed by atoms with Crippen molar-refractivity contribution in [2.24, 2.45) is 0 Å². The van der Waals surface area contributed by atoms with Crippen molar-refractivity contribution in [2.45, 2.75) is 27.7 Å². The van der Waals surface area contributed by atoms with E-state index in [1.807, 2.05) is 98.8 Å². The molecule has 2 aliphatic heterocycles. The minimum Gasteiger partial charge on any atom is -0.657 e. The normalized spacial score (nSPS) is 11.9. The Balaban J connectivity index is 0.00000582. The number of hydrogen-bond donors (Lipinski definition) is 0. The first kappa shape index (κ1) is 47.9. The van der Waals surface area contributed by atoms with Crippen LogP contribution in [0.25, 0.3) is 133 Å². The van der Waals surface area contributed by atoms with Gasteiger partial charge in [-0.05, 0) is 141 Å². The maximum Gasteiger partial charge on any atom is 2.00 e. The third-order valence-electron chi connectivity index (χ3n) is 14.8. The van der Waals surface area contributed by atoms with Crippen LogP contribution in [0.4, 0.5) is 0 Å². The molecule has 76 heavy (non-hydrogen) atoms. The van der Waals surface area contributed by atoms with Gasteiger partial charge in [0.05, 0.1) is 36.2 Å². The van der Waals surface area contributed by atoms with Gasteiger partial charge >= 0.3 is 16.5 Å². The molecule has 0 aliphatic carbocycles. The second-order valence-corrected chi connectivity index (χ2v) is 19.6. The summed E-state index contributed by atoms with van der Waals surface area (Å²) in [5, 5.41) is 19.7. The molecule has 3 aromatic heterocycles. The average molecular weight is 1030 g/mol. The zero-order valence-corrected chi connectivity index (χ0v) is 43.4. The number of aryl methyl sites for hydroxylation is 4. The second-order valence-electron chi connectivity index (χ2n) is 19.6. The number of nitro groups is 1. The van der Waals surface area contributed by atoms with Gasteiger partial charge in [0.2, 0.25) is 0 Å². The van der Waals surface area contributed by atoms with Crippen LogP contribution in [0, 0.1) is 37.8 Å². The fraction of sp³-hybridized carbons (Fsp3) is 0.0909. The van der Waals surface area contributed by atoms with E-state index in [2.05, 4.69) is 98.8 Å². The predicted molar refractivity (Wildman–Crippen MR) is 305 cm³/mol. The van der Waals surface area contributed by atoms with Gasteiger partial charge in [0.1, 0.15) is 17.2 Å². The van der Waals surface area contributed by atoms with E-state index < -0.39 is 0 Å². The molecule has 0 N–H and O–H groups in total. The molecule has 2 aliphatic rings. The Morgan fingerprint density at radius 2 is 0.750 bits per heavy atom. The molecule has 0 amide bonds.